The Bertz CT molecular complexity index is 559. The molecule has 1 heterocycles. The van der Waals surface area contributed by atoms with Gasteiger partial charge in [-0.25, -0.2) is 18.1 Å². The Morgan fingerprint density at radius 2 is 2.20 bits per heavy atom. The molecule has 1 aromatic heterocycles. The first kappa shape index (κ1) is 15.5. The van der Waals surface area contributed by atoms with E-state index in [1.54, 1.807) is 0 Å². The first-order valence-electron chi connectivity index (χ1n) is 6.92. The number of aromatic nitrogens is 1. The molecule has 2 rings (SSSR count). The van der Waals surface area contributed by atoms with Crippen molar-refractivity contribution in [3.8, 4) is 0 Å². The van der Waals surface area contributed by atoms with Crippen LogP contribution in [-0.4, -0.2) is 26.5 Å². The van der Waals surface area contributed by atoms with Gasteiger partial charge in [-0.15, -0.1) is 0 Å². The predicted octanol–water partition coefficient (Wildman–Crippen LogP) is 2.64. The van der Waals surface area contributed by atoms with Crippen LogP contribution in [0.15, 0.2) is 17.2 Å². The van der Waals surface area contributed by atoms with Crippen LogP contribution in [0.25, 0.3) is 0 Å². The van der Waals surface area contributed by atoms with Gasteiger partial charge in [-0.05, 0) is 25.3 Å². The molecule has 0 spiro atoms. The van der Waals surface area contributed by atoms with Crippen LogP contribution < -0.4 is 10.0 Å². The molecular formula is C13H20ClN3O2S. The largest absolute Gasteiger partial charge is 0.369 e. The number of pyridine rings is 1. The van der Waals surface area contributed by atoms with Crippen LogP contribution in [0.1, 0.15) is 32.6 Å². The van der Waals surface area contributed by atoms with Crippen molar-refractivity contribution in [1.82, 2.24) is 9.71 Å². The molecular weight excluding hydrogens is 298 g/mol. The van der Waals surface area contributed by atoms with Crippen molar-refractivity contribution >= 4 is 27.4 Å². The maximum Gasteiger partial charge on any atom is 0.242 e. The number of nitrogens with zero attached hydrogens (tertiary/aromatic N) is 1. The van der Waals surface area contributed by atoms with Gasteiger partial charge in [0.25, 0.3) is 0 Å². The van der Waals surface area contributed by atoms with E-state index in [0.29, 0.717) is 29.8 Å². The molecule has 20 heavy (non-hydrogen) atoms. The van der Waals surface area contributed by atoms with Gasteiger partial charge in [0.1, 0.15) is 10.7 Å². The lowest BCUT2D eigenvalue weighted by molar-refractivity contribution is 0.297. The van der Waals surface area contributed by atoms with Gasteiger partial charge in [-0.1, -0.05) is 30.9 Å². The van der Waals surface area contributed by atoms with Crippen molar-refractivity contribution in [2.45, 2.75) is 37.5 Å². The predicted molar refractivity (Wildman–Crippen MR) is 80.6 cm³/mol. The topological polar surface area (TPSA) is 71.1 Å². The van der Waals surface area contributed by atoms with Crippen molar-refractivity contribution in [1.29, 1.82) is 0 Å². The van der Waals surface area contributed by atoms with E-state index in [2.05, 4.69) is 15.0 Å². The van der Waals surface area contributed by atoms with Crippen LogP contribution >= 0.6 is 11.6 Å². The van der Waals surface area contributed by atoms with Gasteiger partial charge in [-0.3, -0.25) is 0 Å². The van der Waals surface area contributed by atoms with Crippen LogP contribution in [0.3, 0.4) is 0 Å². The highest BCUT2D eigenvalue weighted by molar-refractivity contribution is 7.89. The van der Waals surface area contributed by atoms with Gasteiger partial charge in [0.15, 0.2) is 0 Å². The van der Waals surface area contributed by atoms with Crippen molar-refractivity contribution in [3.05, 3.63) is 17.3 Å². The zero-order valence-corrected chi connectivity index (χ0v) is 13.1. The Balaban J connectivity index is 1.98. The third-order valence-corrected chi connectivity index (χ3v) is 5.26. The summed E-state index contributed by atoms with van der Waals surface area (Å²) in [6.45, 7) is 3.07. The number of hydrogen-bond donors (Lipinski definition) is 2. The third kappa shape index (κ3) is 3.84. The number of sulfonamides is 1. The lowest BCUT2D eigenvalue weighted by Crippen LogP contribution is -2.27. The van der Waals surface area contributed by atoms with Crippen molar-refractivity contribution < 1.29 is 8.42 Å². The van der Waals surface area contributed by atoms with Crippen molar-refractivity contribution in [3.63, 3.8) is 0 Å². The summed E-state index contributed by atoms with van der Waals surface area (Å²) in [4.78, 5) is 4.15. The first-order chi connectivity index (χ1) is 9.53. The molecule has 0 unspecified atom stereocenters. The van der Waals surface area contributed by atoms with Gasteiger partial charge < -0.3 is 5.32 Å². The van der Waals surface area contributed by atoms with E-state index >= 15 is 0 Å². The van der Waals surface area contributed by atoms with E-state index in [0.717, 1.165) is 6.42 Å². The molecule has 1 aliphatic rings. The molecule has 0 saturated heterocycles. The van der Waals surface area contributed by atoms with Crippen LogP contribution in [0.4, 0.5) is 5.82 Å². The number of nitrogens with one attached hydrogen (secondary N) is 2. The summed E-state index contributed by atoms with van der Waals surface area (Å²) in [6, 6.07) is 1.43. The zero-order chi connectivity index (χ0) is 14.6. The molecule has 1 aromatic rings. The number of anilines is 1. The zero-order valence-electron chi connectivity index (χ0n) is 11.5. The molecule has 1 saturated carbocycles. The fraction of sp³-hybridized carbons (Fsp3) is 0.615. The normalized spacial score (nSPS) is 15.9. The van der Waals surface area contributed by atoms with E-state index in [1.807, 2.05) is 6.92 Å². The summed E-state index contributed by atoms with van der Waals surface area (Å²) in [6.07, 6.45) is 5.92. The summed E-state index contributed by atoms with van der Waals surface area (Å²) in [7, 11) is -3.52. The van der Waals surface area contributed by atoms with E-state index in [4.69, 9.17) is 11.6 Å². The Kier molecular flexibility index (Phi) is 5.23. The summed E-state index contributed by atoms with van der Waals surface area (Å²) >= 11 is 6.01. The van der Waals surface area contributed by atoms with E-state index < -0.39 is 10.0 Å². The van der Waals surface area contributed by atoms with Crippen LogP contribution in [0.5, 0.6) is 0 Å². The van der Waals surface area contributed by atoms with E-state index in [1.165, 1.54) is 31.5 Å². The molecule has 5 nitrogen and oxygen atoms in total. The fourth-order valence-electron chi connectivity index (χ4n) is 2.13. The minimum Gasteiger partial charge on any atom is -0.369 e. The lowest BCUT2D eigenvalue weighted by Gasteiger charge is -2.25. The number of rotatable bonds is 7. The Morgan fingerprint density at radius 1 is 1.45 bits per heavy atom. The van der Waals surface area contributed by atoms with Gasteiger partial charge >= 0.3 is 0 Å². The molecule has 1 aliphatic carbocycles. The van der Waals surface area contributed by atoms with E-state index in [9.17, 15) is 8.42 Å². The molecule has 1 fully saturated rings. The smallest absolute Gasteiger partial charge is 0.242 e. The minimum absolute atomic E-state index is 0.109. The van der Waals surface area contributed by atoms with Gasteiger partial charge in [-0.2, -0.15) is 0 Å². The molecule has 0 radical (unpaired) electrons. The molecule has 0 amide bonds. The molecule has 0 atom stereocenters. The standard InChI is InChI=1S/C13H20ClN3O2S/c1-2-15-13-12(14)8-11(9-16-13)20(18,19)17-7-6-10-4-3-5-10/h8-10,17H,2-7H2,1H3,(H,15,16). The molecule has 0 aromatic carbocycles. The van der Waals surface area contributed by atoms with Crippen LogP contribution in [0, 0.1) is 5.92 Å². The number of hydrogen-bond acceptors (Lipinski definition) is 4. The maximum atomic E-state index is 12.1. The second-order valence-electron chi connectivity index (χ2n) is 5.02. The Labute approximate surface area is 125 Å². The van der Waals surface area contributed by atoms with Gasteiger partial charge in [0.2, 0.25) is 10.0 Å². The summed E-state index contributed by atoms with van der Waals surface area (Å²) in [5.74, 6) is 1.18. The second kappa shape index (κ2) is 6.74. The fourth-order valence-corrected chi connectivity index (χ4v) is 3.44. The lowest BCUT2D eigenvalue weighted by atomic mass is 9.83. The second-order valence-corrected chi connectivity index (χ2v) is 7.19. The van der Waals surface area contributed by atoms with E-state index in [-0.39, 0.29) is 4.90 Å². The maximum absolute atomic E-state index is 12.1. The minimum atomic E-state index is -3.52. The monoisotopic (exact) mass is 317 g/mol. The molecule has 0 aliphatic heterocycles. The SMILES string of the molecule is CCNc1ncc(S(=O)(=O)NCCC2CCC2)cc1Cl. The molecule has 0 bridgehead atoms. The average molecular weight is 318 g/mol. The van der Waals surface area contributed by atoms with Crippen molar-refractivity contribution in [2.24, 2.45) is 5.92 Å². The van der Waals surface area contributed by atoms with Gasteiger partial charge in [0.05, 0.1) is 5.02 Å². The summed E-state index contributed by atoms with van der Waals surface area (Å²) in [5.41, 5.74) is 0. The Morgan fingerprint density at radius 3 is 2.75 bits per heavy atom. The quantitative estimate of drug-likeness (QED) is 0.811. The third-order valence-electron chi connectivity index (χ3n) is 3.54. The average Bonchev–Trinajstić information content (AvgIpc) is 2.35. The van der Waals surface area contributed by atoms with Gasteiger partial charge in [0, 0.05) is 19.3 Å². The number of halogens is 1. The molecule has 112 valence electrons. The highest BCUT2D eigenvalue weighted by Gasteiger charge is 2.20. The van der Waals surface area contributed by atoms with Crippen molar-refractivity contribution in [2.75, 3.05) is 18.4 Å². The first-order valence-corrected chi connectivity index (χ1v) is 8.78. The molecule has 2 N–H and O–H groups in total. The Hall–Kier alpha value is -0.850. The highest BCUT2D eigenvalue weighted by atomic mass is 35.5. The molecule has 7 heteroatoms. The van der Waals surface area contributed by atoms with Crippen LogP contribution in [-0.2, 0) is 10.0 Å². The highest BCUT2D eigenvalue weighted by Crippen LogP contribution is 2.29. The summed E-state index contributed by atoms with van der Waals surface area (Å²) < 4.78 is 26.8. The summed E-state index contributed by atoms with van der Waals surface area (Å²) in [5, 5.41) is 3.28. The van der Waals surface area contributed by atoms with Crippen LogP contribution in [0.2, 0.25) is 5.02 Å².